The summed E-state index contributed by atoms with van der Waals surface area (Å²) in [5.41, 5.74) is 4.12. The zero-order chi connectivity index (χ0) is 14.9. The molecule has 0 aliphatic heterocycles. The third-order valence-corrected chi connectivity index (χ3v) is 3.86. The molecule has 0 N–H and O–H groups in total. The van der Waals surface area contributed by atoms with Gasteiger partial charge in [-0.3, -0.25) is 0 Å². The fraction of sp³-hybridized carbons (Fsp3) is 0. The minimum absolute atomic E-state index is 0.446. The van der Waals surface area contributed by atoms with Crippen molar-refractivity contribution in [3.8, 4) is 16.9 Å². The molecule has 0 radical (unpaired) electrons. The van der Waals surface area contributed by atoms with E-state index in [4.69, 9.17) is 11.6 Å². The monoisotopic (exact) mass is 305 g/mol. The van der Waals surface area contributed by atoms with Crippen LogP contribution >= 0.6 is 11.6 Å². The summed E-state index contributed by atoms with van der Waals surface area (Å²) < 4.78 is 2.17. The molecule has 22 heavy (non-hydrogen) atoms. The molecule has 0 fully saturated rings. The normalized spacial score (nSPS) is 11.0. The molecule has 2 aromatic heterocycles. The van der Waals surface area contributed by atoms with Crippen LogP contribution < -0.4 is 0 Å². The Bertz CT molecular complexity index is 945. The second-order valence-electron chi connectivity index (χ2n) is 4.99. The maximum absolute atomic E-state index is 6.01. The Labute approximate surface area is 132 Å². The van der Waals surface area contributed by atoms with Crippen molar-refractivity contribution >= 4 is 22.5 Å². The third-order valence-electron chi connectivity index (χ3n) is 3.66. The number of hydrogen-bond acceptors (Lipinski definition) is 2. The zero-order valence-electron chi connectivity index (χ0n) is 11.6. The Morgan fingerprint density at radius 2 is 1.64 bits per heavy atom. The van der Waals surface area contributed by atoms with E-state index in [1.807, 2.05) is 30.3 Å². The van der Waals surface area contributed by atoms with Gasteiger partial charge in [-0.25, -0.2) is 9.97 Å². The summed E-state index contributed by atoms with van der Waals surface area (Å²) in [5.74, 6) is 0. The first-order valence-corrected chi connectivity index (χ1v) is 7.34. The maximum Gasteiger partial charge on any atom is 0.133 e. The van der Waals surface area contributed by atoms with Gasteiger partial charge in [0.2, 0.25) is 0 Å². The summed E-state index contributed by atoms with van der Waals surface area (Å²) in [5, 5.41) is 1.59. The fourth-order valence-corrected chi connectivity index (χ4v) is 2.81. The first-order chi connectivity index (χ1) is 10.8. The number of aromatic nitrogens is 3. The van der Waals surface area contributed by atoms with Crippen LogP contribution in [-0.4, -0.2) is 14.5 Å². The van der Waals surface area contributed by atoms with Crippen LogP contribution in [0.25, 0.3) is 27.8 Å². The van der Waals surface area contributed by atoms with Crippen molar-refractivity contribution in [1.29, 1.82) is 0 Å². The lowest BCUT2D eigenvalue weighted by molar-refractivity contribution is 1.12. The largest absolute Gasteiger partial charge is 0.316 e. The van der Waals surface area contributed by atoms with Crippen molar-refractivity contribution in [3.05, 3.63) is 78.3 Å². The summed E-state index contributed by atoms with van der Waals surface area (Å²) in [4.78, 5) is 8.32. The van der Waals surface area contributed by atoms with Crippen molar-refractivity contribution in [2.24, 2.45) is 0 Å². The summed E-state index contributed by atoms with van der Waals surface area (Å²) in [6.07, 6.45) is 3.59. The van der Waals surface area contributed by atoms with E-state index in [1.165, 1.54) is 6.33 Å². The highest BCUT2D eigenvalue weighted by molar-refractivity contribution is 6.29. The summed E-state index contributed by atoms with van der Waals surface area (Å²) >= 11 is 6.01. The van der Waals surface area contributed by atoms with E-state index in [2.05, 4.69) is 45.0 Å². The third kappa shape index (κ3) is 2.16. The average Bonchev–Trinajstić information content (AvgIpc) is 2.95. The molecule has 0 aliphatic rings. The van der Waals surface area contributed by atoms with Crippen LogP contribution in [0.2, 0.25) is 5.15 Å². The molecule has 0 spiro atoms. The van der Waals surface area contributed by atoms with Crippen LogP contribution in [0.1, 0.15) is 0 Å². The highest BCUT2D eigenvalue weighted by Gasteiger charge is 2.12. The van der Waals surface area contributed by atoms with Crippen molar-refractivity contribution in [2.45, 2.75) is 0 Å². The molecule has 0 amide bonds. The topological polar surface area (TPSA) is 30.7 Å². The molecule has 0 bridgehead atoms. The maximum atomic E-state index is 6.01. The van der Waals surface area contributed by atoms with E-state index < -0.39 is 0 Å². The Hall–Kier alpha value is -2.65. The predicted molar refractivity (Wildman–Crippen MR) is 89.3 cm³/mol. The predicted octanol–water partition coefficient (Wildman–Crippen LogP) is 4.74. The Kier molecular flexibility index (Phi) is 3.13. The van der Waals surface area contributed by atoms with Gasteiger partial charge >= 0.3 is 0 Å². The van der Waals surface area contributed by atoms with Crippen LogP contribution in [0.3, 0.4) is 0 Å². The first-order valence-electron chi connectivity index (χ1n) is 6.96. The van der Waals surface area contributed by atoms with Gasteiger partial charge in [0.15, 0.2) is 0 Å². The smallest absolute Gasteiger partial charge is 0.133 e. The zero-order valence-corrected chi connectivity index (χ0v) is 12.4. The second kappa shape index (κ2) is 5.28. The van der Waals surface area contributed by atoms with Crippen molar-refractivity contribution in [1.82, 2.24) is 14.5 Å². The van der Waals surface area contributed by atoms with E-state index in [0.29, 0.717) is 5.15 Å². The van der Waals surface area contributed by atoms with Gasteiger partial charge in [0.1, 0.15) is 11.5 Å². The second-order valence-corrected chi connectivity index (χ2v) is 5.38. The van der Waals surface area contributed by atoms with Crippen LogP contribution in [-0.2, 0) is 0 Å². The van der Waals surface area contributed by atoms with E-state index in [9.17, 15) is 0 Å². The summed E-state index contributed by atoms with van der Waals surface area (Å²) in [7, 11) is 0. The standard InChI is InChI=1S/C18H12ClN3/c19-18-10-16(20-12-21-18)15-11-22(13-6-2-1-3-7-13)17-9-5-4-8-14(15)17/h1-12H. The van der Waals surface area contributed by atoms with E-state index in [1.54, 1.807) is 6.07 Å². The van der Waals surface area contributed by atoms with Crippen molar-refractivity contribution < 1.29 is 0 Å². The van der Waals surface area contributed by atoms with E-state index in [0.717, 1.165) is 27.8 Å². The van der Waals surface area contributed by atoms with Crippen molar-refractivity contribution in [2.75, 3.05) is 0 Å². The van der Waals surface area contributed by atoms with Crippen LogP contribution in [0.5, 0.6) is 0 Å². The van der Waals surface area contributed by atoms with Crippen LogP contribution in [0.15, 0.2) is 73.2 Å². The molecule has 4 heteroatoms. The lowest BCUT2D eigenvalue weighted by Crippen LogP contribution is -1.90. The molecule has 106 valence electrons. The number of benzene rings is 2. The molecule has 0 saturated heterocycles. The quantitative estimate of drug-likeness (QED) is 0.501. The molecule has 3 nitrogen and oxygen atoms in total. The molecule has 0 saturated carbocycles. The Balaban J connectivity index is 2.01. The van der Waals surface area contributed by atoms with Gasteiger partial charge in [0, 0.05) is 28.9 Å². The highest BCUT2D eigenvalue weighted by atomic mass is 35.5. The molecule has 2 heterocycles. The van der Waals surface area contributed by atoms with Gasteiger partial charge in [0.05, 0.1) is 11.2 Å². The van der Waals surface area contributed by atoms with E-state index >= 15 is 0 Å². The van der Waals surface area contributed by atoms with Crippen LogP contribution in [0, 0.1) is 0 Å². The van der Waals surface area contributed by atoms with Gasteiger partial charge in [-0.2, -0.15) is 0 Å². The van der Waals surface area contributed by atoms with E-state index in [-0.39, 0.29) is 0 Å². The number of hydrogen-bond donors (Lipinski definition) is 0. The van der Waals surface area contributed by atoms with Gasteiger partial charge in [-0.1, -0.05) is 48.0 Å². The van der Waals surface area contributed by atoms with Gasteiger partial charge in [-0.05, 0) is 18.2 Å². The molecule has 0 unspecified atom stereocenters. The Morgan fingerprint density at radius 1 is 0.864 bits per heavy atom. The number of rotatable bonds is 2. The highest BCUT2D eigenvalue weighted by Crippen LogP contribution is 2.31. The minimum atomic E-state index is 0.446. The summed E-state index contributed by atoms with van der Waals surface area (Å²) in [6.45, 7) is 0. The van der Waals surface area contributed by atoms with Crippen LogP contribution in [0.4, 0.5) is 0 Å². The molecule has 0 atom stereocenters. The fourth-order valence-electron chi connectivity index (χ4n) is 2.67. The molecule has 4 rings (SSSR count). The van der Waals surface area contributed by atoms with Gasteiger partial charge in [0.25, 0.3) is 0 Å². The molecule has 0 aliphatic carbocycles. The molecule has 4 aromatic rings. The first kappa shape index (κ1) is 13.0. The average molecular weight is 306 g/mol. The number of fused-ring (bicyclic) bond motifs is 1. The summed E-state index contributed by atoms with van der Waals surface area (Å²) in [6, 6.07) is 20.3. The number of nitrogens with zero attached hydrogens (tertiary/aromatic N) is 3. The SMILES string of the molecule is Clc1cc(-c2cn(-c3ccccc3)c3ccccc23)ncn1. The van der Waals surface area contributed by atoms with Crippen molar-refractivity contribution in [3.63, 3.8) is 0 Å². The molecular weight excluding hydrogens is 294 g/mol. The molecule has 2 aromatic carbocycles. The van der Waals surface area contributed by atoms with Gasteiger partial charge in [-0.15, -0.1) is 0 Å². The lowest BCUT2D eigenvalue weighted by atomic mass is 10.1. The van der Waals surface area contributed by atoms with Gasteiger partial charge < -0.3 is 4.57 Å². The number of halogens is 1. The lowest BCUT2D eigenvalue weighted by Gasteiger charge is -2.04. The number of para-hydroxylation sites is 2. The Morgan fingerprint density at radius 3 is 2.45 bits per heavy atom. The molecular formula is C18H12ClN3. The minimum Gasteiger partial charge on any atom is -0.316 e.